The molecule has 0 aliphatic rings. The first-order valence-corrected chi connectivity index (χ1v) is 20.2. The van der Waals surface area contributed by atoms with E-state index in [1.54, 1.807) is 0 Å². The van der Waals surface area contributed by atoms with Crippen LogP contribution in [0.2, 0.25) is 0 Å². The molecule has 0 radical (unpaired) electrons. The number of anilines is 2. The van der Waals surface area contributed by atoms with Crippen molar-refractivity contribution >= 4 is 35.7 Å². The van der Waals surface area contributed by atoms with Crippen LogP contribution in [-0.4, -0.2) is 43.1 Å². The molecule has 0 unspecified atom stereocenters. The standard InChI is InChI=1S/C53H49N7/c1-57(2)48-19-15-40(16-20-48)11-13-42-23-29-59(30-24-42)38-44-33-45(39-60-31-25-43(26-32-60)14-12-41-17-21-49(22-18-41)58(3)4)35-46(34-44)47-36-52(50-9-5-7-27-54-50)56-53(37-47)51-10-6-8-28-55-51/h5-37H,38-39H2,1-4H3/q+2. The fourth-order valence-corrected chi connectivity index (χ4v) is 7.04. The van der Waals surface area contributed by atoms with Crippen LogP contribution < -0.4 is 18.9 Å². The van der Waals surface area contributed by atoms with Crippen molar-refractivity contribution in [2.45, 2.75) is 13.1 Å². The summed E-state index contributed by atoms with van der Waals surface area (Å²) in [5.74, 6) is 0. The lowest BCUT2D eigenvalue weighted by atomic mass is 9.97. The summed E-state index contributed by atoms with van der Waals surface area (Å²) in [5, 5.41) is 0. The van der Waals surface area contributed by atoms with Crippen molar-refractivity contribution in [3.05, 3.63) is 210 Å². The van der Waals surface area contributed by atoms with Crippen LogP contribution in [0.5, 0.6) is 0 Å². The number of hydrogen-bond donors (Lipinski definition) is 0. The van der Waals surface area contributed by atoms with Gasteiger partial charge in [-0.2, -0.15) is 0 Å². The van der Waals surface area contributed by atoms with E-state index in [2.05, 4.69) is 209 Å². The van der Waals surface area contributed by atoms with Crippen molar-refractivity contribution in [3.63, 3.8) is 0 Å². The van der Waals surface area contributed by atoms with Crippen LogP contribution in [-0.2, 0) is 13.1 Å². The number of pyridine rings is 5. The molecule has 5 heterocycles. The molecule has 3 aromatic carbocycles. The summed E-state index contributed by atoms with van der Waals surface area (Å²) < 4.78 is 4.47. The van der Waals surface area contributed by atoms with Gasteiger partial charge in [-0.3, -0.25) is 9.97 Å². The van der Waals surface area contributed by atoms with Crippen LogP contribution in [0.25, 0.3) is 58.2 Å². The highest BCUT2D eigenvalue weighted by Gasteiger charge is 2.15. The van der Waals surface area contributed by atoms with Crippen LogP contribution in [0.1, 0.15) is 33.4 Å². The molecule has 8 rings (SSSR count). The Labute approximate surface area is 353 Å². The SMILES string of the molecule is CN(C)c1ccc(/C=C/c2cc[n+](Cc3cc(C[n+]4ccc(/C=C/c5ccc(N(C)C)cc5)cc4)cc(-c4cc(-c5ccccn5)nc(-c5ccccn5)c4)c3)cc2)cc1. The Morgan fingerprint density at radius 3 is 1.17 bits per heavy atom. The molecule has 0 bridgehead atoms. The van der Waals surface area contributed by atoms with Crippen molar-refractivity contribution in [2.24, 2.45) is 0 Å². The number of hydrogen-bond acceptors (Lipinski definition) is 5. The average molecular weight is 784 g/mol. The molecule has 0 saturated carbocycles. The largest absolute Gasteiger partial charge is 0.378 e. The van der Waals surface area contributed by atoms with Gasteiger partial charge in [0.05, 0.1) is 22.8 Å². The Morgan fingerprint density at radius 1 is 0.417 bits per heavy atom. The zero-order chi connectivity index (χ0) is 41.3. The highest BCUT2D eigenvalue weighted by molar-refractivity contribution is 5.76. The molecule has 0 fully saturated rings. The molecule has 7 heteroatoms. The monoisotopic (exact) mass is 783 g/mol. The van der Waals surface area contributed by atoms with Crippen molar-refractivity contribution in [2.75, 3.05) is 38.0 Å². The van der Waals surface area contributed by atoms with E-state index in [1.807, 2.05) is 48.8 Å². The number of benzene rings is 3. The first-order chi connectivity index (χ1) is 29.3. The second-order valence-electron chi connectivity index (χ2n) is 15.3. The van der Waals surface area contributed by atoms with Crippen LogP contribution in [0.3, 0.4) is 0 Å². The first-order valence-electron chi connectivity index (χ1n) is 20.2. The van der Waals surface area contributed by atoms with Gasteiger partial charge in [0.25, 0.3) is 0 Å². The molecule has 5 aromatic heterocycles. The topological polar surface area (TPSA) is 52.9 Å². The van der Waals surface area contributed by atoms with Crippen molar-refractivity contribution in [1.29, 1.82) is 0 Å². The number of aromatic nitrogens is 5. The highest BCUT2D eigenvalue weighted by Crippen LogP contribution is 2.30. The minimum Gasteiger partial charge on any atom is -0.378 e. The quantitative estimate of drug-likeness (QED) is 0.109. The van der Waals surface area contributed by atoms with Crippen molar-refractivity contribution in [3.8, 4) is 33.9 Å². The summed E-state index contributed by atoms with van der Waals surface area (Å²) in [4.78, 5) is 18.6. The van der Waals surface area contributed by atoms with Gasteiger partial charge in [0.1, 0.15) is 0 Å². The maximum Gasteiger partial charge on any atom is 0.173 e. The van der Waals surface area contributed by atoms with Crippen LogP contribution in [0.4, 0.5) is 11.4 Å². The van der Waals surface area contributed by atoms with Crippen LogP contribution in [0, 0.1) is 0 Å². The third-order valence-corrected chi connectivity index (χ3v) is 10.4. The first kappa shape index (κ1) is 39.3. The maximum atomic E-state index is 5.04. The Balaban J connectivity index is 1.09. The van der Waals surface area contributed by atoms with Gasteiger partial charge < -0.3 is 9.80 Å². The van der Waals surface area contributed by atoms with Gasteiger partial charge in [-0.1, -0.05) is 60.7 Å². The van der Waals surface area contributed by atoms with E-state index in [-0.39, 0.29) is 0 Å². The Bertz CT molecular complexity index is 2520. The minimum atomic E-state index is 0.714. The van der Waals surface area contributed by atoms with Gasteiger partial charge in [0.2, 0.25) is 0 Å². The molecule has 0 aliphatic carbocycles. The lowest BCUT2D eigenvalue weighted by Crippen LogP contribution is -2.34. The minimum absolute atomic E-state index is 0.714. The molecule has 7 nitrogen and oxygen atoms in total. The van der Waals surface area contributed by atoms with E-state index in [0.29, 0.717) is 13.1 Å². The van der Waals surface area contributed by atoms with Gasteiger partial charge in [-0.05, 0) is 112 Å². The second-order valence-corrected chi connectivity index (χ2v) is 15.3. The summed E-state index contributed by atoms with van der Waals surface area (Å²) in [6.45, 7) is 1.43. The zero-order valence-corrected chi connectivity index (χ0v) is 34.6. The third-order valence-electron chi connectivity index (χ3n) is 10.4. The highest BCUT2D eigenvalue weighted by atomic mass is 15.1. The fraction of sp³-hybridized carbons (Fsp3) is 0.113. The predicted molar refractivity (Wildman–Crippen MR) is 247 cm³/mol. The van der Waals surface area contributed by atoms with Gasteiger partial charge in [0, 0.05) is 87.4 Å². The summed E-state index contributed by atoms with van der Waals surface area (Å²) in [6, 6.07) is 48.9. The lowest BCUT2D eigenvalue weighted by Gasteiger charge is -2.12. The smallest absolute Gasteiger partial charge is 0.173 e. The number of nitrogens with zero attached hydrogens (tertiary/aromatic N) is 7. The summed E-state index contributed by atoms with van der Waals surface area (Å²) in [6.07, 6.45) is 20.9. The van der Waals surface area contributed by atoms with Gasteiger partial charge in [-0.15, -0.1) is 0 Å². The molecule has 0 amide bonds. The van der Waals surface area contributed by atoms with Gasteiger partial charge in [-0.25, -0.2) is 14.1 Å². The summed E-state index contributed by atoms with van der Waals surface area (Å²) in [7, 11) is 8.24. The molecular weight excluding hydrogens is 735 g/mol. The van der Waals surface area contributed by atoms with E-state index < -0.39 is 0 Å². The van der Waals surface area contributed by atoms with E-state index >= 15 is 0 Å². The Hall–Kier alpha value is -7.51. The van der Waals surface area contributed by atoms with Gasteiger partial charge in [0.15, 0.2) is 37.9 Å². The van der Waals surface area contributed by atoms with Crippen LogP contribution >= 0.6 is 0 Å². The summed E-state index contributed by atoms with van der Waals surface area (Å²) in [5.41, 5.74) is 14.8. The van der Waals surface area contributed by atoms with E-state index in [1.165, 1.54) is 33.6 Å². The normalized spacial score (nSPS) is 11.3. The fourth-order valence-electron chi connectivity index (χ4n) is 7.04. The molecular formula is C53H49N7+2. The molecule has 0 atom stereocenters. The second kappa shape index (κ2) is 18.4. The van der Waals surface area contributed by atoms with Crippen molar-refractivity contribution in [1.82, 2.24) is 15.0 Å². The van der Waals surface area contributed by atoms with E-state index in [4.69, 9.17) is 4.98 Å². The molecule has 0 aliphatic heterocycles. The van der Waals surface area contributed by atoms with Gasteiger partial charge >= 0.3 is 0 Å². The summed E-state index contributed by atoms with van der Waals surface area (Å²) >= 11 is 0. The average Bonchev–Trinajstić information content (AvgIpc) is 3.29. The van der Waals surface area contributed by atoms with Crippen LogP contribution in [0.15, 0.2) is 177 Å². The maximum absolute atomic E-state index is 5.04. The third kappa shape index (κ3) is 10.1. The molecule has 8 aromatic rings. The molecule has 294 valence electrons. The molecule has 60 heavy (non-hydrogen) atoms. The zero-order valence-electron chi connectivity index (χ0n) is 34.6. The molecule has 0 N–H and O–H groups in total. The van der Waals surface area contributed by atoms with E-state index in [9.17, 15) is 0 Å². The van der Waals surface area contributed by atoms with E-state index in [0.717, 1.165) is 45.0 Å². The predicted octanol–water partition coefficient (Wildman–Crippen LogP) is 10.0. The Morgan fingerprint density at radius 2 is 0.800 bits per heavy atom. The molecule has 0 spiro atoms. The number of rotatable bonds is 13. The molecule has 0 saturated heterocycles. The van der Waals surface area contributed by atoms with Crippen molar-refractivity contribution < 1.29 is 9.13 Å². The Kier molecular flexibility index (Phi) is 12.1. The lowest BCUT2D eigenvalue weighted by molar-refractivity contribution is -0.689.